The number of hydrogen-bond acceptors (Lipinski definition) is 4. The van der Waals surface area contributed by atoms with Crippen molar-refractivity contribution in [3.05, 3.63) is 95.4 Å². The monoisotopic (exact) mass is 440 g/mol. The number of imidazole rings is 1. The van der Waals surface area contributed by atoms with Gasteiger partial charge in [-0.25, -0.2) is 13.4 Å². The van der Waals surface area contributed by atoms with Crippen LogP contribution in [0.3, 0.4) is 0 Å². The van der Waals surface area contributed by atoms with E-state index in [1.165, 1.54) is 24.3 Å². The van der Waals surface area contributed by atoms with Crippen molar-refractivity contribution in [1.82, 2.24) is 14.7 Å². The van der Waals surface area contributed by atoms with E-state index in [0.717, 1.165) is 5.65 Å². The Kier molecular flexibility index (Phi) is 5.43. The second-order valence-electron chi connectivity index (χ2n) is 6.52. The predicted octanol–water partition coefficient (Wildman–Crippen LogP) is 3.72. The smallest absolute Gasteiger partial charge is 0.261 e. The van der Waals surface area contributed by atoms with Gasteiger partial charge in [0.2, 0.25) is 0 Å². The van der Waals surface area contributed by atoms with Crippen LogP contribution >= 0.6 is 11.6 Å². The molecule has 0 aliphatic carbocycles. The van der Waals surface area contributed by atoms with Crippen molar-refractivity contribution in [1.29, 1.82) is 0 Å². The van der Waals surface area contributed by atoms with E-state index in [0.29, 0.717) is 22.0 Å². The molecule has 0 radical (unpaired) electrons. The maximum atomic E-state index is 12.5. The third-order valence-corrected chi connectivity index (χ3v) is 5.97. The highest BCUT2D eigenvalue weighted by Crippen LogP contribution is 2.16. The highest BCUT2D eigenvalue weighted by Gasteiger charge is 2.15. The summed E-state index contributed by atoms with van der Waals surface area (Å²) in [6.45, 7) is 0.230. The van der Waals surface area contributed by atoms with Crippen molar-refractivity contribution >= 4 is 38.9 Å². The molecule has 0 saturated heterocycles. The minimum absolute atomic E-state index is 0.0696. The fourth-order valence-electron chi connectivity index (χ4n) is 2.88. The maximum absolute atomic E-state index is 12.5. The van der Waals surface area contributed by atoms with Crippen LogP contribution in [0.25, 0.3) is 5.65 Å². The molecule has 0 spiro atoms. The number of hydrogen-bond donors (Lipinski definition) is 2. The van der Waals surface area contributed by atoms with Gasteiger partial charge in [0.15, 0.2) is 0 Å². The SMILES string of the molecule is O=C(NCc1cn2cc(Cl)ccc2n1)c1ccc(S(=O)(=O)Nc2ccccc2)cc1. The van der Waals surface area contributed by atoms with Crippen LogP contribution in [-0.4, -0.2) is 23.7 Å². The molecule has 0 atom stereocenters. The Morgan fingerprint density at radius 1 is 0.967 bits per heavy atom. The summed E-state index contributed by atoms with van der Waals surface area (Å²) in [6, 6.07) is 17.9. The number of pyridine rings is 1. The van der Waals surface area contributed by atoms with Gasteiger partial charge in [-0.05, 0) is 48.5 Å². The number of halogens is 1. The van der Waals surface area contributed by atoms with E-state index in [4.69, 9.17) is 11.6 Å². The maximum Gasteiger partial charge on any atom is 0.261 e. The van der Waals surface area contributed by atoms with Gasteiger partial charge in [0, 0.05) is 23.6 Å². The highest BCUT2D eigenvalue weighted by atomic mass is 35.5. The number of anilines is 1. The first-order valence-corrected chi connectivity index (χ1v) is 10.9. The summed E-state index contributed by atoms with van der Waals surface area (Å²) in [5.74, 6) is -0.329. The number of sulfonamides is 1. The third-order valence-electron chi connectivity index (χ3n) is 4.35. The molecular formula is C21H17ClN4O3S. The van der Waals surface area contributed by atoms with Crippen molar-refractivity contribution in [2.45, 2.75) is 11.4 Å². The molecule has 7 nitrogen and oxygen atoms in total. The largest absolute Gasteiger partial charge is 0.346 e. The summed E-state index contributed by atoms with van der Waals surface area (Å²) in [6.07, 6.45) is 3.52. The molecule has 2 aromatic heterocycles. The summed E-state index contributed by atoms with van der Waals surface area (Å²) < 4.78 is 29.2. The Hall–Kier alpha value is -3.36. The first-order valence-electron chi connectivity index (χ1n) is 9.00. The Balaban J connectivity index is 1.42. The number of nitrogens with one attached hydrogen (secondary N) is 2. The number of carbonyl (C=O) groups excluding carboxylic acids is 1. The van der Waals surface area contributed by atoms with Gasteiger partial charge in [0.25, 0.3) is 15.9 Å². The topological polar surface area (TPSA) is 92.6 Å². The number of rotatable bonds is 6. The summed E-state index contributed by atoms with van der Waals surface area (Å²) in [5.41, 5.74) is 2.22. The van der Waals surface area contributed by atoms with Gasteiger partial charge in [-0.1, -0.05) is 29.8 Å². The molecule has 1 amide bonds. The van der Waals surface area contributed by atoms with Crippen molar-refractivity contribution in [3.8, 4) is 0 Å². The third kappa shape index (κ3) is 4.45. The van der Waals surface area contributed by atoms with E-state index in [1.54, 1.807) is 59.3 Å². The lowest BCUT2D eigenvalue weighted by Crippen LogP contribution is -2.23. The van der Waals surface area contributed by atoms with Crippen molar-refractivity contribution in [3.63, 3.8) is 0 Å². The zero-order valence-corrected chi connectivity index (χ0v) is 17.2. The van der Waals surface area contributed by atoms with Crippen LogP contribution in [0.15, 0.2) is 84.0 Å². The van der Waals surface area contributed by atoms with Gasteiger partial charge in [-0.3, -0.25) is 9.52 Å². The van der Waals surface area contributed by atoms with Crippen molar-refractivity contribution < 1.29 is 13.2 Å². The lowest BCUT2D eigenvalue weighted by atomic mass is 10.2. The zero-order chi connectivity index (χ0) is 21.1. The molecule has 0 aliphatic rings. The molecule has 152 valence electrons. The van der Waals surface area contributed by atoms with Crippen LogP contribution in [0.4, 0.5) is 5.69 Å². The molecule has 0 bridgehead atoms. The summed E-state index contributed by atoms with van der Waals surface area (Å²) >= 11 is 5.96. The van der Waals surface area contributed by atoms with E-state index in [1.807, 2.05) is 0 Å². The minimum atomic E-state index is -3.73. The Morgan fingerprint density at radius 2 is 1.70 bits per heavy atom. The molecule has 2 aromatic carbocycles. The zero-order valence-electron chi connectivity index (χ0n) is 15.6. The average molecular weight is 441 g/mol. The van der Waals surface area contributed by atoms with E-state index < -0.39 is 10.0 Å². The van der Waals surface area contributed by atoms with Crippen molar-refractivity contribution in [2.24, 2.45) is 0 Å². The number of benzene rings is 2. The second-order valence-corrected chi connectivity index (χ2v) is 8.64. The van der Waals surface area contributed by atoms with Gasteiger partial charge < -0.3 is 9.72 Å². The number of aromatic nitrogens is 2. The number of nitrogens with zero attached hydrogens (tertiary/aromatic N) is 2. The Morgan fingerprint density at radius 3 is 2.43 bits per heavy atom. The molecule has 0 aliphatic heterocycles. The Labute approximate surface area is 178 Å². The fraction of sp³-hybridized carbons (Fsp3) is 0.0476. The number of carbonyl (C=O) groups is 1. The fourth-order valence-corrected chi connectivity index (χ4v) is 4.11. The van der Waals surface area contributed by atoms with E-state index in [9.17, 15) is 13.2 Å². The quantitative estimate of drug-likeness (QED) is 0.478. The molecule has 2 heterocycles. The lowest BCUT2D eigenvalue weighted by molar-refractivity contribution is 0.0950. The van der Waals surface area contributed by atoms with E-state index >= 15 is 0 Å². The van der Waals surface area contributed by atoms with Gasteiger partial charge in [0.1, 0.15) is 5.65 Å². The van der Waals surface area contributed by atoms with Gasteiger partial charge in [-0.15, -0.1) is 0 Å². The first-order chi connectivity index (χ1) is 14.4. The average Bonchev–Trinajstić information content (AvgIpc) is 3.14. The molecule has 4 aromatic rings. The first kappa shape index (κ1) is 19.9. The second kappa shape index (κ2) is 8.17. The van der Waals surface area contributed by atoms with Gasteiger partial charge in [-0.2, -0.15) is 0 Å². The predicted molar refractivity (Wildman–Crippen MR) is 115 cm³/mol. The molecule has 4 rings (SSSR count). The highest BCUT2D eigenvalue weighted by molar-refractivity contribution is 7.92. The standard InChI is InChI=1S/C21H17ClN4O3S/c22-16-8-11-20-24-18(14-26(20)13-16)12-23-21(27)15-6-9-19(10-7-15)30(28,29)25-17-4-2-1-3-5-17/h1-11,13-14,25H,12H2,(H,23,27). The normalized spacial score (nSPS) is 11.4. The minimum Gasteiger partial charge on any atom is -0.346 e. The summed E-state index contributed by atoms with van der Waals surface area (Å²) in [5, 5.41) is 3.37. The molecule has 30 heavy (non-hydrogen) atoms. The Bertz CT molecular complexity index is 1300. The van der Waals surface area contributed by atoms with Gasteiger partial charge >= 0.3 is 0 Å². The summed E-state index contributed by atoms with van der Waals surface area (Å²) in [4.78, 5) is 16.9. The lowest BCUT2D eigenvalue weighted by Gasteiger charge is -2.09. The molecule has 9 heteroatoms. The molecule has 0 unspecified atom stereocenters. The number of para-hydroxylation sites is 1. The van der Waals surface area contributed by atoms with E-state index in [2.05, 4.69) is 15.0 Å². The van der Waals surface area contributed by atoms with Crippen LogP contribution in [0.5, 0.6) is 0 Å². The van der Waals surface area contributed by atoms with E-state index in [-0.39, 0.29) is 17.3 Å². The van der Waals surface area contributed by atoms with Crippen LogP contribution < -0.4 is 10.0 Å². The molecule has 2 N–H and O–H groups in total. The van der Waals surface area contributed by atoms with Crippen molar-refractivity contribution in [2.75, 3.05) is 4.72 Å². The van der Waals surface area contributed by atoms with Crippen LogP contribution in [0.1, 0.15) is 16.1 Å². The van der Waals surface area contributed by atoms with Crippen LogP contribution in [-0.2, 0) is 16.6 Å². The molecule has 0 fully saturated rings. The van der Waals surface area contributed by atoms with Gasteiger partial charge in [0.05, 0.1) is 22.2 Å². The van der Waals surface area contributed by atoms with Crippen LogP contribution in [0.2, 0.25) is 5.02 Å². The number of amides is 1. The van der Waals surface area contributed by atoms with Crippen LogP contribution in [0, 0.1) is 0 Å². The molecular weight excluding hydrogens is 424 g/mol. The molecule has 0 saturated carbocycles. The number of fused-ring (bicyclic) bond motifs is 1. The summed E-state index contributed by atoms with van der Waals surface area (Å²) in [7, 11) is -3.73.